The highest BCUT2D eigenvalue weighted by molar-refractivity contribution is 5.97. The van der Waals surface area contributed by atoms with E-state index in [0.29, 0.717) is 24.8 Å². The number of aldehydes is 1. The number of rotatable bonds is 8. The monoisotopic (exact) mass is 502 g/mol. The number of amides is 1. The van der Waals surface area contributed by atoms with Gasteiger partial charge in [0.1, 0.15) is 6.29 Å². The molecular weight excluding hydrogens is 462 g/mol. The lowest BCUT2D eigenvalue weighted by molar-refractivity contribution is -0.126. The lowest BCUT2D eigenvalue weighted by Crippen LogP contribution is -2.38. The van der Waals surface area contributed by atoms with Gasteiger partial charge in [-0.15, -0.1) is 0 Å². The smallest absolute Gasteiger partial charge is 0.253 e. The van der Waals surface area contributed by atoms with E-state index in [4.69, 9.17) is 0 Å². The molecule has 198 valence electrons. The topological polar surface area (TPSA) is 65.0 Å². The number of nitrogens with zero attached hydrogens (tertiary/aromatic N) is 3. The quantitative estimate of drug-likeness (QED) is 0.271. The van der Waals surface area contributed by atoms with Crippen LogP contribution in [0.1, 0.15) is 78.6 Å². The molecule has 0 atom stereocenters. The van der Waals surface area contributed by atoms with E-state index in [9.17, 15) is 18.4 Å². The molecule has 0 bridgehead atoms. The fourth-order valence-electron chi connectivity index (χ4n) is 5.20. The van der Waals surface area contributed by atoms with Gasteiger partial charge in [-0.2, -0.15) is 5.10 Å². The Labute approximate surface area is 213 Å². The minimum atomic E-state index is -2.64. The van der Waals surface area contributed by atoms with Gasteiger partial charge >= 0.3 is 0 Å². The van der Waals surface area contributed by atoms with E-state index in [1.54, 1.807) is 13.1 Å². The van der Waals surface area contributed by atoms with Gasteiger partial charge in [0.15, 0.2) is 0 Å². The number of nitrogens with one attached hydrogen (secondary N) is 1. The van der Waals surface area contributed by atoms with Crippen LogP contribution in [0.5, 0.6) is 0 Å². The van der Waals surface area contributed by atoms with E-state index in [1.165, 1.54) is 0 Å². The zero-order valence-corrected chi connectivity index (χ0v) is 21.9. The van der Waals surface area contributed by atoms with Crippen molar-refractivity contribution in [2.75, 3.05) is 19.6 Å². The first-order valence-corrected chi connectivity index (χ1v) is 13.2. The molecule has 0 aromatic heterocycles. The maximum absolute atomic E-state index is 13.9. The summed E-state index contributed by atoms with van der Waals surface area (Å²) in [5.74, 6) is -2.62. The Morgan fingerprint density at radius 1 is 1.19 bits per heavy atom. The van der Waals surface area contributed by atoms with Crippen LogP contribution >= 0.6 is 0 Å². The molecule has 3 aliphatic rings. The minimum absolute atomic E-state index is 0.0234. The molecule has 6 nitrogen and oxygen atoms in total. The number of hydrazone groups is 1. The third-order valence-corrected chi connectivity index (χ3v) is 7.22. The predicted molar refractivity (Wildman–Crippen MR) is 140 cm³/mol. The number of hydrogen-bond donors (Lipinski definition) is 1. The maximum atomic E-state index is 13.9. The molecule has 1 N–H and O–H groups in total. The van der Waals surface area contributed by atoms with Crippen LogP contribution in [-0.2, 0) is 9.59 Å². The molecule has 1 saturated carbocycles. The number of allylic oxidation sites excluding steroid dienone is 3. The average molecular weight is 503 g/mol. The average Bonchev–Trinajstić information content (AvgIpc) is 3.23. The third kappa shape index (κ3) is 6.92. The maximum Gasteiger partial charge on any atom is 0.253 e. The van der Waals surface area contributed by atoms with Crippen LogP contribution in [0.25, 0.3) is 0 Å². The molecule has 1 saturated heterocycles. The zero-order chi connectivity index (χ0) is 26.1. The highest BCUT2D eigenvalue weighted by Crippen LogP contribution is 2.38. The summed E-state index contributed by atoms with van der Waals surface area (Å²) in [5.41, 5.74) is 3.84. The SMILES string of the molecule is C/C=N\N(/C(=C/C)C1=CC(C(=O)N2CCCCCC2)=C(C)CC=C1NCC=O)C1CCC(F)(F)CC1. The molecule has 3 rings (SSSR count). The Balaban J connectivity index is 2.02. The molecular formula is C28H40F2N4O2. The molecule has 0 aromatic carbocycles. The first-order valence-electron chi connectivity index (χ1n) is 13.2. The van der Waals surface area contributed by atoms with Crippen LogP contribution in [0.15, 0.2) is 51.4 Å². The third-order valence-electron chi connectivity index (χ3n) is 7.22. The van der Waals surface area contributed by atoms with Crippen molar-refractivity contribution in [3.8, 4) is 0 Å². The van der Waals surface area contributed by atoms with Crippen molar-refractivity contribution >= 4 is 18.4 Å². The van der Waals surface area contributed by atoms with Crippen molar-refractivity contribution in [3.05, 3.63) is 46.3 Å². The highest BCUT2D eigenvalue weighted by atomic mass is 19.3. The van der Waals surface area contributed by atoms with Crippen LogP contribution in [0.4, 0.5) is 8.78 Å². The molecule has 8 heteroatoms. The normalized spacial score (nSPS) is 22.0. The van der Waals surface area contributed by atoms with E-state index >= 15 is 0 Å². The van der Waals surface area contributed by atoms with Crippen molar-refractivity contribution in [1.82, 2.24) is 15.2 Å². The molecule has 0 aromatic rings. The predicted octanol–water partition coefficient (Wildman–Crippen LogP) is 5.50. The number of likely N-dealkylation sites (tertiary alicyclic amines) is 1. The van der Waals surface area contributed by atoms with Crippen molar-refractivity contribution in [2.24, 2.45) is 5.10 Å². The Hall–Kier alpha value is -2.77. The summed E-state index contributed by atoms with van der Waals surface area (Å²) in [6.45, 7) is 7.29. The molecule has 2 fully saturated rings. The van der Waals surface area contributed by atoms with Gasteiger partial charge in [-0.25, -0.2) is 8.78 Å². The van der Waals surface area contributed by atoms with Gasteiger partial charge < -0.3 is 15.0 Å². The van der Waals surface area contributed by atoms with Crippen molar-refractivity contribution in [1.29, 1.82) is 0 Å². The molecule has 0 radical (unpaired) electrons. The molecule has 2 aliphatic carbocycles. The lowest BCUT2D eigenvalue weighted by atomic mass is 9.91. The van der Waals surface area contributed by atoms with Gasteiger partial charge in [-0.05, 0) is 59.0 Å². The second-order valence-electron chi connectivity index (χ2n) is 9.81. The summed E-state index contributed by atoms with van der Waals surface area (Å²) in [6.07, 6.45) is 13.4. The van der Waals surface area contributed by atoms with Gasteiger partial charge in [-0.3, -0.25) is 9.80 Å². The second-order valence-corrected chi connectivity index (χ2v) is 9.81. The van der Waals surface area contributed by atoms with E-state index < -0.39 is 5.92 Å². The van der Waals surface area contributed by atoms with Crippen LogP contribution in [0, 0.1) is 0 Å². The van der Waals surface area contributed by atoms with Gasteiger partial charge in [0.25, 0.3) is 5.91 Å². The standard InChI is InChI=1S/C28H40F2N4O2/c1-4-26(34(32-5-2)22-12-14-28(29,30)15-13-22)24-20-23(21(3)10-11-25(24)31-16-19-35)27(36)33-17-8-6-7-9-18-33/h4-5,11,19-20,22,31H,6-10,12-18H2,1-3H3/b26-4+,32-5-. The van der Waals surface area contributed by atoms with Gasteiger partial charge in [0.2, 0.25) is 5.92 Å². The van der Waals surface area contributed by atoms with Crippen molar-refractivity contribution < 1.29 is 18.4 Å². The molecule has 0 spiro atoms. The fourth-order valence-corrected chi connectivity index (χ4v) is 5.20. The largest absolute Gasteiger partial charge is 0.378 e. The van der Waals surface area contributed by atoms with E-state index in [0.717, 1.165) is 67.6 Å². The second kappa shape index (κ2) is 13.0. The minimum Gasteiger partial charge on any atom is -0.378 e. The van der Waals surface area contributed by atoms with Crippen LogP contribution in [-0.4, -0.2) is 59.9 Å². The summed E-state index contributed by atoms with van der Waals surface area (Å²) < 4.78 is 27.9. The molecule has 1 heterocycles. The van der Waals surface area contributed by atoms with E-state index in [-0.39, 0.29) is 31.3 Å². The summed E-state index contributed by atoms with van der Waals surface area (Å²) in [6, 6.07) is -0.182. The summed E-state index contributed by atoms with van der Waals surface area (Å²) in [4.78, 5) is 26.8. The molecule has 1 amide bonds. The van der Waals surface area contributed by atoms with Gasteiger partial charge in [0.05, 0.1) is 18.3 Å². The molecule has 0 unspecified atom stereocenters. The van der Waals surface area contributed by atoms with Gasteiger partial charge in [-0.1, -0.05) is 30.6 Å². The number of hydrogen-bond acceptors (Lipinski definition) is 5. The number of alkyl halides is 2. The number of carbonyl (C=O) groups is 2. The fraction of sp³-hybridized carbons (Fsp3) is 0.607. The molecule has 36 heavy (non-hydrogen) atoms. The first-order chi connectivity index (χ1) is 17.3. The summed E-state index contributed by atoms with van der Waals surface area (Å²) in [7, 11) is 0. The van der Waals surface area contributed by atoms with Crippen LogP contribution in [0.3, 0.4) is 0 Å². The van der Waals surface area contributed by atoms with Gasteiger partial charge in [0, 0.05) is 49.0 Å². The zero-order valence-electron chi connectivity index (χ0n) is 21.9. The first kappa shape index (κ1) is 27.8. The number of carbonyl (C=O) groups excluding carboxylic acids is 2. The Morgan fingerprint density at radius 3 is 2.44 bits per heavy atom. The van der Waals surface area contributed by atoms with E-state index in [1.807, 2.05) is 42.0 Å². The Kier molecular flexibility index (Phi) is 10.0. The van der Waals surface area contributed by atoms with Crippen molar-refractivity contribution in [2.45, 2.75) is 90.5 Å². The Morgan fingerprint density at radius 2 is 1.86 bits per heavy atom. The number of halogens is 2. The van der Waals surface area contributed by atoms with Crippen LogP contribution < -0.4 is 5.32 Å². The molecule has 1 aliphatic heterocycles. The van der Waals surface area contributed by atoms with Crippen LogP contribution in [0.2, 0.25) is 0 Å². The highest BCUT2D eigenvalue weighted by Gasteiger charge is 2.38. The Bertz CT molecular complexity index is 947. The summed E-state index contributed by atoms with van der Waals surface area (Å²) in [5, 5.41) is 9.61. The van der Waals surface area contributed by atoms with Crippen molar-refractivity contribution in [3.63, 3.8) is 0 Å². The summed E-state index contributed by atoms with van der Waals surface area (Å²) >= 11 is 0. The van der Waals surface area contributed by atoms with E-state index in [2.05, 4.69) is 10.4 Å². The lowest BCUT2D eigenvalue weighted by Gasteiger charge is -2.37.